The van der Waals surface area contributed by atoms with Gasteiger partial charge < -0.3 is 10.3 Å². The largest absolute Gasteiger partial charge is 0.411 e. The minimum Gasteiger partial charge on any atom is -0.411 e. The Hall–Kier alpha value is -0.620. The van der Waals surface area contributed by atoms with Crippen LogP contribution in [0.15, 0.2) is 5.16 Å². The molecule has 0 saturated carbocycles. The summed E-state index contributed by atoms with van der Waals surface area (Å²) in [5.41, 5.74) is -0.503. The van der Waals surface area contributed by atoms with Gasteiger partial charge in [-0.2, -0.15) is 0 Å². The van der Waals surface area contributed by atoms with Crippen LogP contribution in [0.25, 0.3) is 0 Å². The van der Waals surface area contributed by atoms with Crippen LogP contribution in [0.2, 0.25) is 0 Å². The maximum Gasteiger partial charge on any atom is 0.160 e. The lowest BCUT2D eigenvalue weighted by molar-refractivity contribution is 0.286. The van der Waals surface area contributed by atoms with Gasteiger partial charge in [-0.1, -0.05) is 32.9 Å². The molecule has 5 nitrogen and oxygen atoms in total. The Bertz CT molecular complexity index is 327. The Morgan fingerprint density at radius 3 is 2.07 bits per heavy atom. The number of nitrogens with zero attached hydrogens (tertiary/aromatic N) is 1. The molecule has 1 atom stereocenters. The van der Waals surface area contributed by atoms with Crippen LogP contribution in [0.3, 0.4) is 0 Å². The molecule has 0 spiro atoms. The van der Waals surface area contributed by atoms with Crippen LogP contribution >= 0.6 is 0 Å². The van der Waals surface area contributed by atoms with Crippen molar-refractivity contribution in [3.05, 3.63) is 0 Å². The molecule has 0 aromatic carbocycles. The van der Waals surface area contributed by atoms with Crippen LogP contribution in [0.1, 0.15) is 27.7 Å². The summed E-state index contributed by atoms with van der Waals surface area (Å²) in [4.78, 5) is 0. The molecule has 0 radical (unpaired) electrons. The van der Waals surface area contributed by atoms with Crippen molar-refractivity contribution in [1.82, 2.24) is 0 Å². The van der Waals surface area contributed by atoms with Gasteiger partial charge >= 0.3 is 0 Å². The van der Waals surface area contributed by atoms with Gasteiger partial charge in [0.1, 0.15) is 5.25 Å². The first kappa shape index (κ1) is 14.4. The predicted octanol–water partition coefficient (Wildman–Crippen LogP) is 0.658. The van der Waals surface area contributed by atoms with Crippen molar-refractivity contribution < 1.29 is 18.7 Å². The molecule has 0 fully saturated rings. The van der Waals surface area contributed by atoms with Crippen LogP contribution in [0.5, 0.6) is 0 Å². The molecule has 90 valence electrons. The molecule has 6 heteroatoms. The summed E-state index contributed by atoms with van der Waals surface area (Å²) in [6.45, 7) is 6.13. The number of hydrogen-bond donors (Lipinski definition) is 2. The molecule has 0 bridgehead atoms. The molecule has 0 aliphatic carbocycles. The summed E-state index contributed by atoms with van der Waals surface area (Å²) in [6.07, 6.45) is 0. The first-order chi connectivity index (χ1) is 6.70. The third-order valence-corrected chi connectivity index (χ3v) is 4.23. The summed E-state index contributed by atoms with van der Waals surface area (Å²) in [5.74, 6) is -0.0900. The van der Waals surface area contributed by atoms with Gasteiger partial charge in [-0.25, -0.2) is 8.42 Å². The molecule has 1 unspecified atom stereocenters. The summed E-state index contributed by atoms with van der Waals surface area (Å²) in [7, 11) is -3.45. The molecule has 0 heterocycles. The number of rotatable bonds is 4. The molecule has 2 N–H and O–H groups in total. The van der Waals surface area contributed by atoms with E-state index in [1.165, 1.54) is 6.92 Å². The molecular weight excluding hydrogens is 218 g/mol. The van der Waals surface area contributed by atoms with E-state index in [1.807, 2.05) is 0 Å². The first-order valence-electron chi connectivity index (χ1n) is 4.75. The van der Waals surface area contributed by atoms with Crippen molar-refractivity contribution >= 4 is 15.5 Å². The van der Waals surface area contributed by atoms with Crippen molar-refractivity contribution in [3.8, 4) is 0 Å². The van der Waals surface area contributed by atoms with Gasteiger partial charge in [0.25, 0.3) is 0 Å². The number of hydrogen-bond acceptors (Lipinski definition) is 5. The normalized spacial score (nSPS) is 16.5. The van der Waals surface area contributed by atoms with Crippen LogP contribution in [-0.4, -0.2) is 42.1 Å². The molecule has 0 rings (SSSR count). The molecule has 0 aromatic heterocycles. The molecule has 0 saturated heterocycles. The van der Waals surface area contributed by atoms with Gasteiger partial charge in [0, 0.05) is 11.2 Å². The van der Waals surface area contributed by atoms with Crippen LogP contribution in [-0.2, 0) is 9.84 Å². The number of aliphatic hydroxyl groups excluding tert-OH is 1. The first-order valence-corrected chi connectivity index (χ1v) is 6.47. The summed E-state index contributed by atoms with van der Waals surface area (Å²) < 4.78 is 23.3. The standard InChI is InChI=1S/C9H19NO4S/c1-5-15(13,14)7(6-11)8(10-12)9(2,3)4/h7,11-12H,5-6H2,1-4H3. The quantitative estimate of drug-likeness (QED) is 0.427. The second-order valence-corrected chi connectivity index (χ2v) is 6.83. The minimum atomic E-state index is -3.45. The minimum absolute atomic E-state index is 0.0897. The highest BCUT2D eigenvalue weighted by atomic mass is 32.2. The van der Waals surface area contributed by atoms with E-state index in [9.17, 15) is 8.42 Å². The van der Waals surface area contributed by atoms with Gasteiger partial charge in [-0.3, -0.25) is 0 Å². The van der Waals surface area contributed by atoms with Gasteiger partial charge in [0.2, 0.25) is 0 Å². The van der Waals surface area contributed by atoms with E-state index in [0.29, 0.717) is 0 Å². The average Bonchev–Trinajstić information content (AvgIpc) is 2.11. The molecule has 0 aliphatic heterocycles. The lowest BCUT2D eigenvalue weighted by Gasteiger charge is -2.25. The van der Waals surface area contributed by atoms with Crippen molar-refractivity contribution in [2.75, 3.05) is 12.4 Å². The van der Waals surface area contributed by atoms with Gasteiger partial charge in [0.15, 0.2) is 9.84 Å². The highest BCUT2D eigenvalue weighted by Gasteiger charge is 2.35. The number of oxime groups is 1. The smallest absolute Gasteiger partial charge is 0.160 e. The zero-order valence-corrected chi connectivity index (χ0v) is 10.4. The van der Waals surface area contributed by atoms with Crippen molar-refractivity contribution in [3.63, 3.8) is 0 Å². The Kier molecular flexibility index (Phi) is 4.73. The average molecular weight is 237 g/mol. The highest BCUT2D eigenvalue weighted by Crippen LogP contribution is 2.22. The topological polar surface area (TPSA) is 87.0 Å². The summed E-state index contributed by atoms with van der Waals surface area (Å²) in [6, 6.07) is 0. The predicted molar refractivity (Wildman–Crippen MR) is 59.0 cm³/mol. The highest BCUT2D eigenvalue weighted by molar-refractivity contribution is 7.92. The van der Waals surface area contributed by atoms with Gasteiger partial charge in [-0.05, 0) is 0 Å². The van der Waals surface area contributed by atoms with E-state index in [1.54, 1.807) is 20.8 Å². The van der Waals surface area contributed by atoms with E-state index in [4.69, 9.17) is 10.3 Å². The van der Waals surface area contributed by atoms with E-state index < -0.39 is 27.1 Å². The third-order valence-electron chi connectivity index (χ3n) is 2.18. The summed E-state index contributed by atoms with van der Waals surface area (Å²) in [5, 5.41) is 19.8. The Balaban J connectivity index is 5.33. The Morgan fingerprint density at radius 2 is 1.87 bits per heavy atom. The van der Waals surface area contributed by atoms with Crippen LogP contribution in [0.4, 0.5) is 0 Å². The number of aliphatic hydroxyl groups is 1. The molecule has 0 aromatic rings. The van der Waals surface area contributed by atoms with E-state index in [0.717, 1.165) is 0 Å². The maximum atomic E-state index is 11.6. The van der Waals surface area contributed by atoms with E-state index in [2.05, 4.69) is 5.16 Å². The zero-order chi connectivity index (χ0) is 12.3. The third kappa shape index (κ3) is 3.46. The fourth-order valence-electron chi connectivity index (χ4n) is 1.27. The Labute approximate surface area is 90.7 Å². The van der Waals surface area contributed by atoms with Crippen LogP contribution < -0.4 is 0 Å². The molecule has 0 amide bonds. The lowest BCUT2D eigenvalue weighted by Crippen LogP contribution is -2.41. The molecular formula is C9H19NO4S. The fraction of sp³-hybridized carbons (Fsp3) is 0.889. The molecule has 15 heavy (non-hydrogen) atoms. The second kappa shape index (κ2) is 4.94. The van der Waals surface area contributed by atoms with Crippen LogP contribution in [0, 0.1) is 5.41 Å². The lowest BCUT2D eigenvalue weighted by atomic mass is 9.88. The second-order valence-electron chi connectivity index (χ2n) is 4.36. The maximum absolute atomic E-state index is 11.6. The van der Waals surface area contributed by atoms with E-state index >= 15 is 0 Å². The van der Waals surface area contributed by atoms with Crippen molar-refractivity contribution in [1.29, 1.82) is 0 Å². The Morgan fingerprint density at radius 1 is 1.40 bits per heavy atom. The van der Waals surface area contributed by atoms with Crippen molar-refractivity contribution in [2.24, 2.45) is 10.6 Å². The molecule has 0 aliphatic rings. The van der Waals surface area contributed by atoms with Gasteiger partial charge in [-0.15, -0.1) is 0 Å². The zero-order valence-electron chi connectivity index (χ0n) is 9.56. The monoisotopic (exact) mass is 237 g/mol. The summed E-state index contributed by atoms with van der Waals surface area (Å²) >= 11 is 0. The van der Waals surface area contributed by atoms with E-state index in [-0.39, 0.29) is 11.5 Å². The van der Waals surface area contributed by atoms with Crippen molar-refractivity contribution in [2.45, 2.75) is 32.9 Å². The number of sulfone groups is 1. The SMILES string of the molecule is CCS(=O)(=O)C(CO)C(=NO)C(C)(C)C. The fourth-order valence-corrected chi connectivity index (χ4v) is 2.64. The van der Waals surface area contributed by atoms with Gasteiger partial charge in [0.05, 0.1) is 12.3 Å².